The van der Waals surface area contributed by atoms with E-state index < -0.39 is 0 Å². The van der Waals surface area contributed by atoms with Gasteiger partial charge in [-0.15, -0.1) is 0 Å². The van der Waals surface area contributed by atoms with Crippen LogP contribution in [0.15, 0.2) is 36.4 Å². The van der Waals surface area contributed by atoms with Crippen LogP contribution in [-0.2, 0) is 6.42 Å². The molecule has 1 aliphatic heterocycles. The van der Waals surface area contributed by atoms with E-state index in [2.05, 4.69) is 5.32 Å². The van der Waals surface area contributed by atoms with Crippen LogP contribution in [0.25, 0.3) is 0 Å². The Labute approximate surface area is 121 Å². The normalized spacial score (nSPS) is 12.7. The van der Waals surface area contributed by atoms with Crippen LogP contribution >= 0.6 is 11.6 Å². The standard InChI is InChI=1S/C15H13ClN2O2/c16-10-1-3-12(13(17)8-10)15(19)18-11-2-4-14-9(7-11)5-6-20-14/h1-4,7-8H,5-6,17H2,(H,18,19). The lowest BCUT2D eigenvalue weighted by atomic mass is 10.1. The van der Waals surface area contributed by atoms with Crippen molar-refractivity contribution in [2.75, 3.05) is 17.7 Å². The van der Waals surface area contributed by atoms with Crippen LogP contribution in [0.1, 0.15) is 15.9 Å². The molecule has 20 heavy (non-hydrogen) atoms. The number of rotatable bonds is 2. The van der Waals surface area contributed by atoms with Crippen LogP contribution in [-0.4, -0.2) is 12.5 Å². The Morgan fingerprint density at radius 1 is 1.25 bits per heavy atom. The monoisotopic (exact) mass is 288 g/mol. The lowest BCUT2D eigenvalue weighted by molar-refractivity contribution is 0.102. The first kappa shape index (κ1) is 12.8. The maximum Gasteiger partial charge on any atom is 0.257 e. The number of halogens is 1. The third-order valence-electron chi connectivity index (χ3n) is 3.21. The summed E-state index contributed by atoms with van der Waals surface area (Å²) >= 11 is 5.82. The lowest BCUT2D eigenvalue weighted by Gasteiger charge is -2.09. The molecule has 0 radical (unpaired) electrons. The van der Waals surface area contributed by atoms with Crippen LogP contribution in [0, 0.1) is 0 Å². The van der Waals surface area contributed by atoms with Crippen LogP contribution in [0.5, 0.6) is 5.75 Å². The molecule has 0 bridgehead atoms. The van der Waals surface area contributed by atoms with E-state index in [-0.39, 0.29) is 5.91 Å². The lowest BCUT2D eigenvalue weighted by Crippen LogP contribution is -2.14. The molecule has 4 nitrogen and oxygen atoms in total. The van der Waals surface area contributed by atoms with Gasteiger partial charge in [0.2, 0.25) is 0 Å². The summed E-state index contributed by atoms with van der Waals surface area (Å²) < 4.78 is 5.43. The summed E-state index contributed by atoms with van der Waals surface area (Å²) in [5, 5.41) is 3.34. The molecule has 0 saturated carbocycles. The Hall–Kier alpha value is -2.20. The first-order chi connectivity index (χ1) is 9.63. The first-order valence-corrected chi connectivity index (χ1v) is 6.63. The highest BCUT2D eigenvalue weighted by Gasteiger charge is 2.14. The maximum atomic E-state index is 12.2. The number of anilines is 2. The van der Waals surface area contributed by atoms with E-state index in [1.807, 2.05) is 18.2 Å². The van der Waals surface area contributed by atoms with Gasteiger partial charge in [0.15, 0.2) is 0 Å². The fourth-order valence-electron chi connectivity index (χ4n) is 2.20. The number of nitrogens with two attached hydrogens (primary N) is 1. The summed E-state index contributed by atoms with van der Waals surface area (Å²) in [5.74, 6) is 0.632. The minimum absolute atomic E-state index is 0.252. The topological polar surface area (TPSA) is 64.4 Å². The van der Waals surface area contributed by atoms with Crippen molar-refractivity contribution in [2.24, 2.45) is 0 Å². The molecule has 0 unspecified atom stereocenters. The van der Waals surface area contributed by atoms with E-state index in [0.29, 0.717) is 22.9 Å². The molecule has 0 aromatic heterocycles. The van der Waals surface area contributed by atoms with Crippen LogP contribution in [0.2, 0.25) is 5.02 Å². The number of amides is 1. The van der Waals surface area contributed by atoms with Gasteiger partial charge in [-0.05, 0) is 42.0 Å². The van der Waals surface area contributed by atoms with Crippen molar-refractivity contribution >= 4 is 28.9 Å². The maximum absolute atomic E-state index is 12.2. The van der Waals surface area contributed by atoms with Gasteiger partial charge in [0.1, 0.15) is 5.75 Å². The average molecular weight is 289 g/mol. The Kier molecular flexibility index (Phi) is 3.24. The van der Waals surface area contributed by atoms with E-state index in [4.69, 9.17) is 22.1 Å². The molecule has 0 aliphatic carbocycles. The Morgan fingerprint density at radius 3 is 2.90 bits per heavy atom. The number of hydrogen-bond acceptors (Lipinski definition) is 3. The molecule has 3 N–H and O–H groups in total. The van der Waals surface area contributed by atoms with Gasteiger partial charge in [0.25, 0.3) is 5.91 Å². The molecule has 102 valence electrons. The molecule has 0 spiro atoms. The first-order valence-electron chi connectivity index (χ1n) is 6.25. The number of hydrogen-bond donors (Lipinski definition) is 2. The van der Waals surface area contributed by atoms with Crippen molar-refractivity contribution in [1.29, 1.82) is 0 Å². The third-order valence-corrected chi connectivity index (χ3v) is 3.44. The van der Waals surface area contributed by atoms with Gasteiger partial charge in [-0.25, -0.2) is 0 Å². The second kappa shape index (κ2) is 5.06. The SMILES string of the molecule is Nc1cc(Cl)ccc1C(=O)Nc1ccc2c(c1)CCO2. The van der Waals surface area contributed by atoms with Crippen molar-refractivity contribution in [1.82, 2.24) is 0 Å². The molecule has 5 heteroatoms. The number of carbonyl (C=O) groups excluding carboxylic acids is 1. The summed E-state index contributed by atoms with van der Waals surface area (Å²) in [6.07, 6.45) is 0.863. The largest absolute Gasteiger partial charge is 0.493 e. The highest BCUT2D eigenvalue weighted by molar-refractivity contribution is 6.31. The molecule has 3 rings (SSSR count). The highest BCUT2D eigenvalue weighted by Crippen LogP contribution is 2.28. The Bertz CT molecular complexity index is 686. The predicted octanol–water partition coefficient (Wildman–Crippen LogP) is 3.11. The number of ether oxygens (including phenoxy) is 1. The predicted molar refractivity (Wildman–Crippen MR) is 79.5 cm³/mol. The van der Waals surface area contributed by atoms with Crippen molar-refractivity contribution in [2.45, 2.75) is 6.42 Å². The van der Waals surface area contributed by atoms with Gasteiger partial charge in [-0.2, -0.15) is 0 Å². The summed E-state index contributed by atoms with van der Waals surface area (Å²) in [7, 11) is 0. The molecule has 0 saturated heterocycles. The van der Waals surface area contributed by atoms with Gasteiger partial charge < -0.3 is 15.8 Å². The van der Waals surface area contributed by atoms with E-state index in [9.17, 15) is 4.79 Å². The number of carbonyl (C=O) groups is 1. The van der Waals surface area contributed by atoms with E-state index in [1.165, 1.54) is 0 Å². The van der Waals surface area contributed by atoms with Crippen molar-refractivity contribution in [3.05, 3.63) is 52.5 Å². The quantitative estimate of drug-likeness (QED) is 0.835. The number of fused-ring (bicyclic) bond motifs is 1. The number of nitrogens with one attached hydrogen (secondary N) is 1. The van der Waals surface area contributed by atoms with E-state index >= 15 is 0 Å². The van der Waals surface area contributed by atoms with Crippen molar-refractivity contribution < 1.29 is 9.53 Å². The van der Waals surface area contributed by atoms with Crippen LogP contribution < -0.4 is 15.8 Å². The highest BCUT2D eigenvalue weighted by atomic mass is 35.5. The summed E-state index contributed by atoms with van der Waals surface area (Å²) in [6, 6.07) is 10.4. The molecule has 2 aromatic carbocycles. The van der Waals surface area contributed by atoms with Crippen LogP contribution in [0.4, 0.5) is 11.4 Å². The molecule has 0 atom stereocenters. The molecule has 2 aromatic rings. The van der Waals surface area contributed by atoms with Gasteiger partial charge in [-0.3, -0.25) is 4.79 Å². The fourth-order valence-corrected chi connectivity index (χ4v) is 2.38. The zero-order valence-electron chi connectivity index (χ0n) is 10.7. The fraction of sp³-hybridized carbons (Fsp3) is 0.133. The van der Waals surface area contributed by atoms with Crippen LogP contribution in [0.3, 0.4) is 0 Å². The molecule has 1 amide bonds. The summed E-state index contributed by atoms with van der Waals surface area (Å²) in [5.41, 5.74) is 8.40. The van der Waals surface area contributed by atoms with Gasteiger partial charge in [-0.1, -0.05) is 11.6 Å². The van der Waals surface area contributed by atoms with Crippen molar-refractivity contribution in [3.8, 4) is 5.75 Å². The second-order valence-corrected chi connectivity index (χ2v) is 5.04. The Morgan fingerprint density at radius 2 is 2.10 bits per heavy atom. The van der Waals surface area contributed by atoms with Gasteiger partial charge in [0.05, 0.1) is 12.2 Å². The summed E-state index contributed by atoms with van der Waals surface area (Å²) in [4.78, 5) is 12.2. The van der Waals surface area contributed by atoms with Gasteiger partial charge in [0, 0.05) is 22.8 Å². The molecule has 0 fully saturated rings. The molecular weight excluding hydrogens is 276 g/mol. The second-order valence-electron chi connectivity index (χ2n) is 4.61. The molecule has 1 aliphatic rings. The minimum Gasteiger partial charge on any atom is -0.493 e. The van der Waals surface area contributed by atoms with Gasteiger partial charge >= 0.3 is 0 Å². The van der Waals surface area contributed by atoms with E-state index in [0.717, 1.165) is 23.4 Å². The van der Waals surface area contributed by atoms with E-state index in [1.54, 1.807) is 18.2 Å². The smallest absolute Gasteiger partial charge is 0.257 e. The molecular formula is C15H13ClN2O2. The molecule has 1 heterocycles. The third kappa shape index (κ3) is 2.42. The summed E-state index contributed by atoms with van der Waals surface area (Å²) in [6.45, 7) is 0.691. The zero-order valence-corrected chi connectivity index (χ0v) is 11.4. The number of nitrogen functional groups attached to an aromatic ring is 1. The average Bonchev–Trinajstić information content (AvgIpc) is 2.85. The minimum atomic E-state index is -0.252. The van der Waals surface area contributed by atoms with Crippen molar-refractivity contribution in [3.63, 3.8) is 0 Å². The Balaban J connectivity index is 1.82. The zero-order chi connectivity index (χ0) is 14.1. The number of benzene rings is 2.